The lowest BCUT2D eigenvalue weighted by Gasteiger charge is -2.11. The van der Waals surface area contributed by atoms with E-state index < -0.39 is 5.91 Å². The lowest BCUT2D eigenvalue weighted by atomic mass is 10.2. The molecule has 0 radical (unpaired) electrons. The van der Waals surface area contributed by atoms with Crippen molar-refractivity contribution in [3.05, 3.63) is 63.6 Å². The standard InChI is InChI=1S/C14H12Cl2N2O2/c15-11-6-10(14(19)18-17)7-12(16)13(11)20-8-9-4-2-1-3-5-9/h1-7H,8,17H2,(H,18,19). The first-order chi connectivity index (χ1) is 9.61. The summed E-state index contributed by atoms with van der Waals surface area (Å²) in [6.45, 7) is 0.336. The van der Waals surface area contributed by atoms with Gasteiger partial charge < -0.3 is 4.74 Å². The molecule has 0 spiro atoms. The van der Waals surface area contributed by atoms with E-state index in [1.807, 2.05) is 35.8 Å². The molecule has 0 saturated carbocycles. The summed E-state index contributed by atoms with van der Waals surface area (Å²) in [4.78, 5) is 11.4. The van der Waals surface area contributed by atoms with Crippen molar-refractivity contribution in [1.29, 1.82) is 0 Å². The van der Waals surface area contributed by atoms with Gasteiger partial charge >= 0.3 is 0 Å². The van der Waals surface area contributed by atoms with Crippen LogP contribution in [0.5, 0.6) is 5.75 Å². The van der Waals surface area contributed by atoms with Crippen molar-refractivity contribution in [1.82, 2.24) is 5.43 Å². The van der Waals surface area contributed by atoms with Gasteiger partial charge in [0.1, 0.15) is 6.61 Å². The Kier molecular flexibility index (Phi) is 4.84. The van der Waals surface area contributed by atoms with Crippen LogP contribution in [0, 0.1) is 0 Å². The van der Waals surface area contributed by atoms with Gasteiger partial charge in [0.25, 0.3) is 5.91 Å². The summed E-state index contributed by atoms with van der Waals surface area (Å²) in [5.41, 5.74) is 3.28. The maximum atomic E-state index is 11.4. The molecule has 0 bridgehead atoms. The first-order valence-corrected chi connectivity index (χ1v) is 6.54. The average Bonchev–Trinajstić information content (AvgIpc) is 2.46. The molecule has 4 nitrogen and oxygen atoms in total. The Hall–Kier alpha value is -1.75. The van der Waals surface area contributed by atoms with Crippen LogP contribution in [-0.4, -0.2) is 5.91 Å². The maximum absolute atomic E-state index is 11.4. The third kappa shape index (κ3) is 3.42. The van der Waals surface area contributed by atoms with Crippen molar-refractivity contribution in [2.75, 3.05) is 0 Å². The molecule has 2 rings (SSSR count). The molecule has 3 N–H and O–H groups in total. The van der Waals surface area contributed by atoms with E-state index >= 15 is 0 Å². The van der Waals surface area contributed by atoms with Gasteiger partial charge in [-0.15, -0.1) is 0 Å². The molecule has 0 aliphatic carbocycles. The highest BCUT2D eigenvalue weighted by molar-refractivity contribution is 6.37. The van der Waals surface area contributed by atoms with Crippen molar-refractivity contribution in [2.45, 2.75) is 6.61 Å². The van der Waals surface area contributed by atoms with E-state index in [1.54, 1.807) is 0 Å². The molecule has 0 aliphatic rings. The molecular formula is C14H12Cl2N2O2. The minimum Gasteiger partial charge on any atom is -0.486 e. The number of nitrogen functional groups attached to an aromatic ring is 1. The summed E-state index contributed by atoms with van der Waals surface area (Å²) < 4.78 is 5.60. The third-order valence-electron chi connectivity index (χ3n) is 2.62. The molecule has 20 heavy (non-hydrogen) atoms. The Balaban J connectivity index is 2.18. The largest absolute Gasteiger partial charge is 0.486 e. The van der Waals surface area contributed by atoms with Crippen LogP contribution in [0.3, 0.4) is 0 Å². The monoisotopic (exact) mass is 310 g/mol. The van der Waals surface area contributed by atoms with Gasteiger partial charge in [-0.05, 0) is 17.7 Å². The van der Waals surface area contributed by atoms with Crippen LogP contribution in [0.25, 0.3) is 0 Å². The van der Waals surface area contributed by atoms with Crippen molar-refractivity contribution in [3.63, 3.8) is 0 Å². The molecule has 0 atom stereocenters. The maximum Gasteiger partial charge on any atom is 0.265 e. The molecular weight excluding hydrogens is 299 g/mol. The highest BCUT2D eigenvalue weighted by Gasteiger charge is 2.13. The third-order valence-corrected chi connectivity index (χ3v) is 3.18. The van der Waals surface area contributed by atoms with Crippen LogP contribution in [0.4, 0.5) is 0 Å². The lowest BCUT2D eigenvalue weighted by molar-refractivity contribution is 0.0953. The Labute approximate surface area is 126 Å². The summed E-state index contributed by atoms with van der Waals surface area (Å²) in [6, 6.07) is 12.5. The van der Waals surface area contributed by atoms with Crippen LogP contribution < -0.4 is 16.0 Å². The molecule has 1 amide bonds. The van der Waals surface area contributed by atoms with Crippen LogP contribution in [0.15, 0.2) is 42.5 Å². The average molecular weight is 311 g/mol. The number of ether oxygens (including phenoxy) is 1. The molecule has 104 valence electrons. The highest BCUT2D eigenvalue weighted by Crippen LogP contribution is 2.34. The Morgan fingerprint density at radius 3 is 2.30 bits per heavy atom. The van der Waals surface area contributed by atoms with Gasteiger partial charge in [-0.3, -0.25) is 10.2 Å². The molecule has 0 aromatic heterocycles. The second kappa shape index (κ2) is 6.61. The zero-order chi connectivity index (χ0) is 14.5. The number of nitrogens with one attached hydrogen (secondary N) is 1. The summed E-state index contributed by atoms with van der Waals surface area (Å²) in [6.07, 6.45) is 0. The molecule has 0 unspecified atom stereocenters. The van der Waals surface area contributed by atoms with E-state index in [0.717, 1.165) is 5.56 Å². The van der Waals surface area contributed by atoms with Crippen LogP contribution in [-0.2, 0) is 6.61 Å². The first kappa shape index (κ1) is 14.7. The topological polar surface area (TPSA) is 64.3 Å². The quantitative estimate of drug-likeness (QED) is 0.518. The van der Waals surface area contributed by atoms with E-state index in [2.05, 4.69) is 0 Å². The summed E-state index contributed by atoms with van der Waals surface area (Å²) in [5, 5.41) is 0.513. The van der Waals surface area contributed by atoms with E-state index in [1.165, 1.54) is 12.1 Å². The first-order valence-electron chi connectivity index (χ1n) is 5.78. The summed E-state index contributed by atoms with van der Waals surface area (Å²) >= 11 is 12.1. The van der Waals surface area contributed by atoms with E-state index in [4.69, 9.17) is 33.8 Å². The lowest BCUT2D eigenvalue weighted by Crippen LogP contribution is -2.29. The number of amides is 1. The van der Waals surface area contributed by atoms with Gasteiger partial charge in [0.05, 0.1) is 10.0 Å². The molecule has 0 saturated heterocycles. The number of carbonyl (C=O) groups excluding carboxylic acids is 1. The Bertz CT molecular complexity index is 595. The number of hydrazine groups is 1. The number of hydrogen-bond acceptors (Lipinski definition) is 3. The van der Waals surface area contributed by atoms with E-state index in [-0.39, 0.29) is 15.6 Å². The molecule has 0 heterocycles. The number of halogens is 2. The van der Waals surface area contributed by atoms with Crippen LogP contribution >= 0.6 is 23.2 Å². The number of nitrogens with two attached hydrogens (primary N) is 1. The van der Waals surface area contributed by atoms with Crippen molar-refractivity contribution in [2.24, 2.45) is 5.84 Å². The second-order valence-corrected chi connectivity index (χ2v) is 4.83. The Morgan fingerprint density at radius 1 is 1.15 bits per heavy atom. The van der Waals surface area contributed by atoms with Gasteiger partial charge in [-0.1, -0.05) is 53.5 Å². The molecule has 0 aliphatic heterocycles. The minimum atomic E-state index is -0.469. The normalized spacial score (nSPS) is 10.2. The predicted octanol–water partition coefficient (Wildman–Crippen LogP) is 3.18. The van der Waals surface area contributed by atoms with Gasteiger partial charge in [-0.25, -0.2) is 5.84 Å². The van der Waals surface area contributed by atoms with Gasteiger partial charge in [0, 0.05) is 5.56 Å². The summed E-state index contributed by atoms with van der Waals surface area (Å²) in [5.74, 6) is 4.93. The minimum absolute atomic E-state index is 0.257. The van der Waals surface area contributed by atoms with Crippen molar-refractivity contribution in [3.8, 4) is 5.75 Å². The van der Waals surface area contributed by atoms with E-state index in [9.17, 15) is 4.79 Å². The molecule has 2 aromatic rings. The van der Waals surface area contributed by atoms with Crippen molar-refractivity contribution < 1.29 is 9.53 Å². The fourth-order valence-corrected chi connectivity index (χ4v) is 2.24. The van der Waals surface area contributed by atoms with Gasteiger partial charge in [-0.2, -0.15) is 0 Å². The zero-order valence-electron chi connectivity index (χ0n) is 10.4. The molecule has 0 fully saturated rings. The second-order valence-electron chi connectivity index (χ2n) is 4.02. The summed E-state index contributed by atoms with van der Waals surface area (Å²) in [7, 11) is 0. The number of carbonyl (C=O) groups is 1. The highest BCUT2D eigenvalue weighted by atomic mass is 35.5. The molecule has 6 heteroatoms. The van der Waals surface area contributed by atoms with Gasteiger partial charge in [0.15, 0.2) is 5.75 Å². The predicted molar refractivity (Wildman–Crippen MR) is 78.9 cm³/mol. The van der Waals surface area contributed by atoms with Crippen LogP contribution in [0.1, 0.15) is 15.9 Å². The van der Waals surface area contributed by atoms with Crippen LogP contribution in [0.2, 0.25) is 10.0 Å². The number of hydrogen-bond donors (Lipinski definition) is 2. The smallest absolute Gasteiger partial charge is 0.265 e. The Morgan fingerprint density at radius 2 is 1.75 bits per heavy atom. The van der Waals surface area contributed by atoms with Crippen molar-refractivity contribution >= 4 is 29.1 Å². The fourth-order valence-electron chi connectivity index (χ4n) is 1.64. The SMILES string of the molecule is NNC(=O)c1cc(Cl)c(OCc2ccccc2)c(Cl)c1. The van der Waals surface area contributed by atoms with Gasteiger partial charge in [0.2, 0.25) is 0 Å². The number of rotatable bonds is 4. The zero-order valence-corrected chi connectivity index (χ0v) is 11.9. The van der Waals surface area contributed by atoms with E-state index in [0.29, 0.717) is 12.4 Å². The number of benzene rings is 2. The fraction of sp³-hybridized carbons (Fsp3) is 0.0714. The molecule has 2 aromatic carbocycles.